The number of fused-ring (bicyclic) bond motifs is 1. The second-order valence-electron chi connectivity index (χ2n) is 3.85. The van der Waals surface area contributed by atoms with Crippen molar-refractivity contribution in [3.05, 3.63) is 48.9 Å². The summed E-state index contributed by atoms with van der Waals surface area (Å²) in [4.78, 5) is 12.4. The number of anilines is 1. The summed E-state index contributed by atoms with van der Waals surface area (Å²) in [5.41, 5.74) is 3.28. The van der Waals surface area contributed by atoms with Crippen molar-refractivity contribution in [1.29, 1.82) is 0 Å². The van der Waals surface area contributed by atoms with Crippen LogP contribution in [-0.4, -0.2) is 15.0 Å². The fourth-order valence-electron chi connectivity index (χ4n) is 1.70. The molecule has 0 aliphatic carbocycles. The summed E-state index contributed by atoms with van der Waals surface area (Å²) in [7, 11) is 0. The second kappa shape index (κ2) is 4.87. The Morgan fingerprint density at radius 2 is 2.11 bits per heavy atom. The number of aromatic nitrogens is 3. The molecule has 0 aliphatic heterocycles. The van der Waals surface area contributed by atoms with Gasteiger partial charge in [0.15, 0.2) is 5.82 Å². The summed E-state index contributed by atoms with van der Waals surface area (Å²) >= 11 is 0. The van der Waals surface area contributed by atoms with Crippen LogP contribution in [0.15, 0.2) is 48.9 Å². The number of rotatable bonds is 3. The number of hydrazine groups is 1. The zero-order valence-electron chi connectivity index (χ0n) is 9.95. The summed E-state index contributed by atoms with van der Waals surface area (Å²) in [5, 5.41) is 1.05. The monoisotopic (exact) mass is 253 g/mol. The Labute approximate surface area is 109 Å². The molecule has 2 aromatic heterocycles. The third kappa shape index (κ3) is 2.43. The third-order valence-corrected chi connectivity index (χ3v) is 2.56. The Morgan fingerprint density at radius 1 is 1.16 bits per heavy atom. The van der Waals surface area contributed by atoms with Crippen LogP contribution in [0.1, 0.15) is 0 Å². The lowest BCUT2D eigenvalue weighted by Crippen LogP contribution is -2.08. The highest BCUT2D eigenvalue weighted by molar-refractivity contribution is 5.79. The first-order valence-electron chi connectivity index (χ1n) is 5.66. The minimum Gasteiger partial charge on any atom is -0.437 e. The first-order chi connectivity index (χ1) is 9.35. The molecule has 2 heterocycles. The van der Waals surface area contributed by atoms with Crippen molar-refractivity contribution in [1.82, 2.24) is 15.0 Å². The van der Waals surface area contributed by atoms with Crippen molar-refractivity contribution in [3.63, 3.8) is 0 Å². The zero-order chi connectivity index (χ0) is 13.1. The number of nitrogens with two attached hydrogens (primary N) is 1. The van der Waals surface area contributed by atoms with Gasteiger partial charge in [0.2, 0.25) is 5.88 Å². The lowest BCUT2D eigenvalue weighted by molar-refractivity contribution is 0.461. The average Bonchev–Trinajstić information content (AvgIpc) is 2.47. The van der Waals surface area contributed by atoms with Gasteiger partial charge in [0.25, 0.3) is 0 Å². The maximum atomic E-state index is 5.62. The van der Waals surface area contributed by atoms with Gasteiger partial charge in [0, 0.05) is 17.6 Å². The Hall–Kier alpha value is -2.73. The highest BCUT2D eigenvalue weighted by atomic mass is 16.5. The molecular formula is C13H11N5O. The standard InChI is InChI=1S/C13H11N5O/c14-18-12-7-15-8-13(17-12)19-10-4-3-9-2-1-5-16-11(9)6-10/h1-8H,14H2,(H,17,18). The maximum absolute atomic E-state index is 5.62. The number of nitrogens with one attached hydrogen (secondary N) is 1. The number of nitrogen functional groups attached to an aromatic ring is 1. The molecule has 1 aromatic carbocycles. The van der Waals surface area contributed by atoms with Crippen LogP contribution in [0.4, 0.5) is 5.82 Å². The van der Waals surface area contributed by atoms with E-state index < -0.39 is 0 Å². The maximum Gasteiger partial charge on any atom is 0.239 e. The van der Waals surface area contributed by atoms with Crippen LogP contribution in [-0.2, 0) is 0 Å². The fourth-order valence-corrected chi connectivity index (χ4v) is 1.70. The molecule has 3 N–H and O–H groups in total. The molecule has 0 bridgehead atoms. The average molecular weight is 253 g/mol. The molecule has 0 saturated heterocycles. The molecular weight excluding hydrogens is 242 g/mol. The summed E-state index contributed by atoms with van der Waals surface area (Å²) in [6, 6.07) is 9.53. The van der Waals surface area contributed by atoms with E-state index in [0.29, 0.717) is 17.4 Å². The zero-order valence-corrected chi connectivity index (χ0v) is 9.95. The van der Waals surface area contributed by atoms with Gasteiger partial charge >= 0.3 is 0 Å². The van der Waals surface area contributed by atoms with Crippen LogP contribution in [0.3, 0.4) is 0 Å². The van der Waals surface area contributed by atoms with E-state index in [1.807, 2.05) is 30.3 Å². The largest absolute Gasteiger partial charge is 0.437 e. The lowest BCUT2D eigenvalue weighted by Gasteiger charge is -2.06. The van der Waals surface area contributed by atoms with E-state index in [1.54, 1.807) is 6.20 Å². The Bertz CT molecular complexity index is 716. The molecule has 0 unspecified atom stereocenters. The SMILES string of the molecule is NNc1cncc(Oc2ccc3cccnc3c2)n1. The highest BCUT2D eigenvalue weighted by Crippen LogP contribution is 2.23. The van der Waals surface area contributed by atoms with E-state index in [2.05, 4.69) is 20.4 Å². The van der Waals surface area contributed by atoms with Gasteiger partial charge in [0.1, 0.15) is 5.75 Å². The summed E-state index contributed by atoms with van der Waals surface area (Å²) in [6.07, 6.45) is 4.77. The molecule has 6 heteroatoms. The van der Waals surface area contributed by atoms with Crippen molar-refractivity contribution >= 4 is 16.7 Å². The molecule has 0 fully saturated rings. The lowest BCUT2D eigenvalue weighted by atomic mass is 10.2. The van der Waals surface area contributed by atoms with Gasteiger partial charge in [0.05, 0.1) is 17.9 Å². The molecule has 0 amide bonds. The van der Waals surface area contributed by atoms with E-state index in [9.17, 15) is 0 Å². The molecule has 0 radical (unpaired) electrons. The van der Waals surface area contributed by atoms with Gasteiger partial charge in [-0.15, -0.1) is 0 Å². The van der Waals surface area contributed by atoms with Crippen LogP contribution in [0.5, 0.6) is 11.6 Å². The number of nitrogens with zero attached hydrogens (tertiary/aromatic N) is 3. The smallest absolute Gasteiger partial charge is 0.239 e. The number of hydrogen-bond donors (Lipinski definition) is 2. The van der Waals surface area contributed by atoms with Gasteiger partial charge < -0.3 is 10.2 Å². The Kier molecular flexibility index (Phi) is 2.91. The minimum atomic E-state index is 0.366. The molecule has 6 nitrogen and oxygen atoms in total. The van der Waals surface area contributed by atoms with Crippen molar-refractivity contribution in [2.75, 3.05) is 5.43 Å². The van der Waals surface area contributed by atoms with Crippen molar-refractivity contribution < 1.29 is 4.74 Å². The molecule has 0 atom stereocenters. The number of hydrogen-bond acceptors (Lipinski definition) is 6. The van der Waals surface area contributed by atoms with Gasteiger partial charge in [-0.05, 0) is 18.2 Å². The van der Waals surface area contributed by atoms with E-state index in [0.717, 1.165) is 10.9 Å². The summed E-state index contributed by atoms with van der Waals surface area (Å²) in [6.45, 7) is 0. The van der Waals surface area contributed by atoms with Crippen LogP contribution in [0.25, 0.3) is 10.9 Å². The minimum absolute atomic E-state index is 0.366. The molecule has 3 rings (SSSR count). The first kappa shape index (κ1) is 11.4. The van der Waals surface area contributed by atoms with Gasteiger partial charge in [-0.25, -0.2) is 5.84 Å². The normalized spacial score (nSPS) is 10.4. The van der Waals surface area contributed by atoms with Crippen molar-refractivity contribution in [3.8, 4) is 11.6 Å². The summed E-state index contributed by atoms with van der Waals surface area (Å²) in [5.74, 6) is 6.72. The molecule has 3 aromatic rings. The molecule has 0 spiro atoms. The predicted molar refractivity (Wildman–Crippen MR) is 71.7 cm³/mol. The number of ether oxygens (including phenoxy) is 1. The second-order valence-corrected chi connectivity index (χ2v) is 3.85. The van der Waals surface area contributed by atoms with Crippen LogP contribution < -0.4 is 16.0 Å². The van der Waals surface area contributed by atoms with E-state index in [1.165, 1.54) is 12.4 Å². The Balaban J connectivity index is 1.92. The molecule has 94 valence electrons. The Morgan fingerprint density at radius 3 is 3.00 bits per heavy atom. The summed E-state index contributed by atoms with van der Waals surface area (Å²) < 4.78 is 5.62. The highest BCUT2D eigenvalue weighted by Gasteiger charge is 2.02. The van der Waals surface area contributed by atoms with Crippen molar-refractivity contribution in [2.24, 2.45) is 5.84 Å². The van der Waals surface area contributed by atoms with Gasteiger partial charge in [-0.2, -0.15) is 4.98 Å². The quantitative estimate of drug-likeness (QED) is 0.549. The van der Waals surface area contributed by atoms with Gasteiger partial charge in [-0.3, -0.25) is 9.97 Å². The van der Waals surface area contributed by atoms with Crippen LogP contribution in [0.2, 0.25) is 0 Å². The molecule has 19 heavy (non-hydrogen) atoms. The van der Waals surface area contributed by atoms with E-state index in [4.69, 9.17) is 10.6 Å². The molecule has 0 aliphatic rings. The van der Waals surface area contributed by atoms with Crippen molar-refractivity contribution in [2.45, 2.75) is 0 Å². The van der Waals surface area contributed by atoms with Gasteiger partial charge in [-0.1, -0.05) is 6.07 Å². The van der Waals surface area contributed by atoms with E-state index >= 15 is 0 Å². The number of pyridine rings is 1. The van der Waals surface area contributed by atoms with E-state index in [-0.39, 0.29) is 0 Å². The fraction of sp³-hybridized carbons (Fsp3) is 0. The molecule has 0 saturated carbocycles. The third-order valence-electron chi connectivity index (χ3n) is 2.56. The number of benzene rings is 1. The topological polar surface area (TPSA) is 86.0 Å². The predicted octanol–water partition coefficient (Wildman–Crippen LogP) is 2.10. The van der Waals surface area contributed by atoms with Crippen LogP contribution >= 0.6 is 0 Å². The first-order valence-corrected chi connectivity index (χ1v) is 5.66. The van der Waals surface area contributed by atoms with Crippen LogP contribution in [0, 0.1) is 0 Å².